The highest BCUT2D eigenvalue weighted by Gasteiger charge is 2.31. The topological polar surface area (TPSA) is 38.5 Å². The van der Waals surface area contributed by atoms with Gasteiger partial charge in [0, 0.05) is 25.7 Å². The second-order valence-corrected chi connectivity index (χ2v) is 6.04. The van der Waals surface area contributed by atoms with Crippen molar-refractivity contribution in [1.29, 1.82) is 0 Å². The molecule has 2 atom stereocenters. The molecule has 0 bridgehead atoms. The van der Waals surface area contributed by atoms with Crippen molar-refractivity contribution >= 4 is 0 Å². The maximum Gasteiger partial charge on any atom is 0.123 e. The Morgan fingerprint density at radius 1 is 1.53 bits per heavy atom. The van der Waals surface area contributed by atoms with Crippen LogP contribution in [-0.2, 0) is 4.74 Å². The number of hydrogen-bond donors (Lipinski definition) is 1. The SMILES string of the molecule is CC1CN(CC(N)c2cccc(F)c2)CC(C)(C)O1. The molecule has 19 heavy (non-hydrogen) atoms. The zero-order valence-electron chi connectivity index (χ0n) is 11.9. The number of benzene rings is 1. The van der Waals surface area contributed by atoms with Gasteiger partial charge in [-0.1, -0.05) is 12.1 Å². The molecule has 106 valence electrons. The largest absolute Gasteiger partial charge is 0.370 e. The number of nitrogens with zero attached hydrogens (tertiary/aromatic N) is 1. The molecule has 1 aliphatic heterocycles. The second kappa shape index (κ2) is 5.57. The number of hydrogen-bond acceptors (Lipinski definition) is 3. The van der Waals surface area contributed by atoms with Crippen molar-refractivity contribution in [3.05, 3.63) is 35.6 Å². The quantitative estimate of drug-likeness (QED) is 0.912. The molecule has 2 N–H and O–H groups in total. The molecular formula is C15H23FN2O. The van der Waals surface area contributed by atoms with Crippen LogP contribution in [0.5, 0.6) is 0 Å². The summed E-state index contributed by atoms with van der Waals surface area (Å²) in [5, 5.41) is 0. The highest BCUT2D eigenvalue weighted by Crippen LogP contribution is 2.22. The molecule has 1 aliphatic rings. The van der Waals surface area contributed by atoms with Gasteiger partial charge in [-0.25, -0.2) is 4.39 Å². The first kappa shape index (κ1) is 14.4. The van der Waals surface area contributed by atoms with Crippen molar-refractivity contribution in [3.8, 4) is 0 Å². The van der Waals surface area contributed by atoms with Crippen LogP contribution in [0.4, 0.5) is 4.39 Å². The fourth-order valence-corrected chi connectivity index (χ4v) is 2.85. The van der Waals surface area contributed by atoms with E-state index in [0.29, 0.717) is 0 Å². The van der Waals surface area contributed by atoms with Crippen LogP contribution < -0.4 is 5.73 Å². The minimum atomic E-state index is -0.233. The summed E-state index contributed by atoms with van der Waals surface area (Å²) in [6, 6.07) is 6.37. The Kier molecular flexibility index (Phi) is 4.23. The van der Waals surface area contributed by atoms with E-state index in [4.69, 9.17) is 10.5 Å². The van der Waals surface area contributed by atoms with Crippen LogP contribution in [0.25, 0.3) is 0 Å². The van der Waals surface area contributed by atoms with E-state index in [9.17, 15) is 4.39 Å². The highest BCUT2D eigenvalue weighted by atomic mass is 19.1. The maximum atomic E-state index is 13.2. The molecule has 2 unspecified atom stereocenters. The monoisotopic (exact) mass is 266 g/mol. The second-order valence-electron chi connectivity index (χ2n) is 6.04. The first-order valence-electron chi connectivity index (χ1n) is 6.77. The molecule has 1 saturated heterocycles. The third kappa shape index (κ3) is 4.00. The van der Waals surface area contributed by atoms with Crippen LogP contribution in [0.1, 0.15) is 32.4 Å². The average molecular weight is 266 g/mol. The summed E-state index contributed by atoms with van der Waals surface area (Å²) >= 11 is 0. The van der Waals surface area contributed by atoms with Gasteiger partial charge >= 0.3 is 0 Å². The first-order chi connectivity index (χ1) is 8.85. The van der Waals surface area contributed by atoms with Gasteiger partial charge in [0.1, 0.15) is 5.82 Å². The molecule has 4 heteroatoms. The molecule has 2 rings (SSSR count). The summed E-state index contributed by atoms with van der Waals surface area (Å²) in [5.74, 6) is -0.233. The Hall–Kier alpha value is -0.970. The number of morpholine rings is 1. The summed E-state index contributed by atoms with van der Waals surface area (Å²) in [6.45, 7) is 8.68. The smallest absolute Gasteiger partial charge is 0.123 e. The molecule has 0 aliphatic carbocycles. The van der Waals surface area contributed by atoms with E-state index < -0.39 is 0 Å². The Bertz CT molecular complexity index is 436. The summed E-state index contributed by atoms with van der Waals surface area (Å²) < 4.78 is 19.1. The van der Waals surface area contributed by atoms with E-state index in [1.54, 1.807) is 6.07 Å². The number of ether oxygens (including phenoxy) is 1. The lowest BCUT2D eigenvalue weighted by molar-refractivity contribution is -0.129. The molecule has 1 aromatic rings. The molecule has 0 amide bonds. The van der Waals surface area contributed by atoms with E-state index in [0.717, 1.165) is 25.2 Å². The van der Waals surface area contributed by atoms with E-state index in [2.05, 4.69) is 25.7 Å². The molecule has 1 fully saturated rings. The van der Waals surface area contributed by atoms with Crippen LogP contribution in [0.15, 0.2) is 24.3 Å². The van der Waals surface area contributed by atoms with Crippen molar-refractivity contribution in [2.45, 2.75) is 38.5 Å². The average Bonchev–Trinajstić information content (AvgIpc) is 2.25. The normalized spacial score (nSPS) is 25.2. The van der Waals surface area contributed by atoms with Crippen molar-refractivity contribution in [2.75, 3.05) is 19.6 Å². The molecule has 1 aromatic carbocycles. The predicted octanol–water partition coefficient (Wildman–Crippen LogP) is 2.32. The summed E-state index contributed by atoms with van der Waals surface area (Å²) in [4.78, 5) is 2.30. The van der Waals surface area contributed by atoms with Crippen molar-refractivity contribution in [2.24, 2.45) is 5.73 Å². The maximum absolute atomic E-state index is 13.2. The van der Waals surface area contributed by atoms with Crippen LogP contribution in [0.2, 0.25) is 0 Å². The van der Waals surface area contributed by atoms with Crippen LogP contribution in [0.3, 0.4) is 0 Å². The van der Waals surface area contributed by atoms with Crippen molar-refractivity contribution in [1.82, 2.24) is 4.90 Å². The van der Waals surface area contributed by atoms with Crippen LogP contribution >= 0.6 is 0 Å². The third-order valence-electron chi connectivity index (χ3n) is 3.37. The summed E-state index contributed by atoms with van der Waals surface area (Å²) in [6.07, 6.45) is 0.198. The van der Waals surface area contributed by atoms with E-state index in [-0.39, 0.29) is 23.6 Å². The van der Waals surface area contributed by atoms with Gasteiger partial charge in [0.15, 0.2) is 0 Å². The molecule has 0 radical (unpaired) electrons. The molecule has 0 saturated carbocycles. The van der Waals surface area contributed by atoms with E-state index >= 15 is 0 Å². The van der Waals surface area contributed by atoms with Crippen LogP contribution in [0, 0.1) is 5.82 Å². The molecule has 1 heterocycles. The van der Waals surface area contributed by atoms with Crippen molar-refractivity contribution < 1.29 is 9.13 Å². The van der Waals surface area contributed by atoms with Gasteiger partial charge in [-0.2, -0.15) is 0 Å². The fraction of sp³-hybridized carbons (Fsp3) is 0.600. The molecular weight excluding hydrogens is 243 g/mol. The van der Waals surface area contributed by atoms with Gasteiger partial charge in [0.25, 0.3) is 0 Å². The third-order valence-corrected chi connectivity index (χ3v) is 3.37. The zero-order chi connectivity index (χ0) is 14.0. The van der Waals surface area contributed by atoms with Gasteiger partial charge in [-0.15, -0.1) is 0 Å². The molecule has 0 aromatic heterocycles. The summed E-state index contributed by atoms with van der Waals surface area (Å²) in [7, 11) is 0. The number of nitrogens with two attached hydrogens (primary N) is 1. The fourth-order valence-electron chi connectivity index (χ4n) is 2.85. The van der Waals surface area contributed by atoms with Gasteiger partial charge < -0.3 is 10.5 Å². The van der Waals surface area contributed by atoms with Crippen LogP contribution in [-0.4, -0.2) is 36.2 Å². The van der Waals surface area contributed by atoms with Gasteiger partial charge in [0.05, 0.1) is 11.7 Å². The minimum Gasteiger partial charge on any atom is -0.370 e. The standard InChI is InChI=1S/C15H23FN2O/c1-11-8-18(10-15(2,3)19-11)9-14(17)12-5-4-6-13(16)7-12/h4-7,11,14H,8-10,17H2,1-3H3. The zero-order valence-corrected chi connectivity index (χ0v) is 11.9. The Morgan fingerprint density at radius 2 is 2.26 bits per heavy atom. The number of halogens is 1. The predicted molar refractivity (Wildman–Crippen MR) is 74.4 cm³/mol. The van der Waals surface area contributed by atoms with Gasteiger partial charge in [0.2, 0.25) is 0 Å². The first-order valence-corrected chi connectivity index (χ1v) is 6.77. The molecule has 3 nitrogen and oxygen atoms in total. The van der Waals surface area contributed by atoms with Crippen molar-refractivity contribution in [3.63, 3.8) is 0 Å². The number of rotatable bonds is 3. The minimum absolute atomic E-state index is 0.153. The van der Waals surface area contributed by atoms with Gasteiger partial charge in [-0.05, 0) is 38.5 Å². The lowest BCUT2D eigenvalue weighted by atomic mass is 10.0. The Morgan fingerprint density at radius 3 is 2.89 bits per heavy atom. The van der Waals surface area contributed by atoms with Gasteiger partial charge in [-0.3, -0.25) is 4.90 Å². The lowest BCUT2D eigenvalue weighted by Gasteiger charge is -2.42. The highest BCUT2D eigenvalue weighted by molar-refractivity contribution is 5.20. The summed E-state index contributed by atoms with van der Waals surface area (Å²) in [5.41, 5.74) is 6.87. The van der Waals surface area contributed by atoms with E-state index in [1.807, 2.05) is 6.07 Å². The lowest BCUT2D eigenvalue weighted by Crippen LogP contribution is -2.53. The Balaban J connectivity index is 2.00. The Labute approximate surface area is 114 Å². The van der Waals surface area contributed by atoms with E-state index in [1.165, 1.54) is 12.1 Å². The molecule has 0 spiro atoms.